The summed E-state index contributed by atoms with van der Waals surface area (Å²) < 4.78 is 2.43. The molecule has 1 aromatic heterocycles. The average molecular weight is 481 g/mol. The third-order valence-electron chi connectivity index (χ3n) is 7.29. The van der Waals surface area contributed by atoms with Crippen molar-refractivity contribution in [1.29, 1.82) is 0 Å². The Morgan fingerprint density at radius 1 is 0.757 bits per heavy atom. The van der Waals surface area contributed by atoms with Gasteiger partial charge in [0.2, 0.25) is 0 Å². The maximum atomic E-state index is 4.39. The number of hydrogen-bond donors (Lipinski definition) is 0. The van der Waals surface area contributed by atoms with Gasteiger partial charge in [-0.3, -0.25) is 0 Å². The molecule has 182 valence electrons. The first-order valence-electron chi connectivity index (χ1n) is 13.2. The summed E-state index contributed by atoms with van der Waals surface area (Å²) in [6.07, 6.45) is 29.9. The van der Waals surface area contributed by atoms with E-state index < -0.39 is 0 Å². The van der Waals surface area contributed by atoms with Crippen LogP contribution in [0.3, 0.4) is 0 Å². The second kappa shape index (κ2) is 9.99. The number of rotatable bonds is 2. The minimum Gasteiger partial charge on any atom is -0.334 e. The number of hydrogen-bond acceptors (Lipinski definition) is 1. The van der Waals surface area contributed by atoms with E-state index in [-0.39, 0.29) is 6.04 Å². The lowest BCUT2D eigenvalue weighted by Crippen LogP contribution is -2.31. The fraction of sp³-hybridized carbons (Fsp3) is 0.143. The van der Waals surface area contributed by atoms with E-state index in [2.05, 4.69) is 144 Å². The van der Waals surface area contributed by atoms with Crippen LogP contribution in [0.1, 0.15) is 43.0 Å². The zero-order chi connectivity index (χ0) is 25.2. The Morgan fingerprint density at radius 2 is 1.51 bits per heavy atom. The number of anilines is 1. The SMILES string of the molecule is C=C1/C=C\C/C=C\C(C)N(C2=CC(n3c4c(c5ccccc53)C=CCC=C4)=CCC=C2)c2ccccc21. The van der Waals surface area contributed by atoms with Crippen molar-refractivity contribution in [3.8, 4) is 0 Å². The Balaban J connectivity index is 1.55. The van der Waals surface area contributed by atoms with Crippen LogP contribution < -0.4 is 4.90 Å². The van der Waals surface area contributed by atoms with Crippen LogP contribution >= 0.6 is 0 Å². The van der Waals surface area contributed by atoms with Crippen LogP contribution in [-0.4, -0.2) is 10.6 Å². The molecule has 0 bridgehead atoms. The Hall–Kier alpha value is -4.30. The molecule has 37 heavy (non-hydrogen) atoms. The molecular weight excluding hydrogens is 448 g/mol. The molecule has 0 saturated heterocycles. The molecular formula is C35H32N2. The van der Waals surface area contributed by atoms with Gasteiger partial charge in [0.15, 0.2) is 0 Å². The van der Waals surface area contributed by atoms with Crippen LogP contribution in [-0.2, 0) is 0 Å². The number of para-hydroxylation sites is 2. The van der Waals surface area contributed by atoms with Crippen LogP contribution in [0.25, 0.3) is 34.3 Å². The van der Waals surface area contributed by atoms with E-state index in [0.29, 0.717) is 0 Å². The van der Waals surface area contributed by atoms with Crippen molar-refractivity contribution in [3.05, 3.63) is 138 Å². The van der Waals surface area contributed by atoms with Gasteiger partial charge in [-0.1, -0.05) is 97.7 Å². The molecule has 2 heterocycles. The lowest BCUT2D eigenvalue weighted by molar-refractivity contribution is 0.829. The van der Waals surface area contributed by atoms with Crippen molar-refractivity contribution in [1.82, 2.24) is 4.57 Å². The van der Waals surface area contributed by atoms with Gasteiger partial charge >= 0.3 is 0 Å². The molecule has 0 N–H and O–H groups in total. The average Bonchev–Trinajstić information content (AvgIpc) is 3.12. The van der Waals surface area contributed by atoms with E-state index >= 15 is 0 Å². The zero-order valence-corrected chi connectivity index (χ0v) is 21.3. The first-order valence-corrected chi connectivity index (χ1v) is 13.2. The monoisotopic (exact) mass is 480 g/mol. The molecule has 6 rings (SSSR count). The molecule has 0 saturated carbocycles. The van der Waals surface area contributed by atoms with E-state index in [1.54, 1.807) is 0 Å². The van der Waals surface area contributed by atoms with Crippen molar-refractivity contribution in [2.75, 3.05) is 4.90 Å². The second-order valence-electron chi connectivity index (χ2n) is 9.75. The molecule has 2 nitrogen and oxygen atoms in total. The Labute approximate surface area is 219 Å². The molecule has 1 atom stereocenters. The number of aromatic nitrogens is 1. The van der Waals surface area contributed by atoms with Gasteiger partial charge in [-0.25, -0.2) is 0 Å². The smallest absolute Gasteiger partial charge is 0.0540 e. The molecule has 2 aromatic carbocycles. The second-order valence-corrected chi connectivity index (χ2v) is 9.75. The molecule has 3 aliphatic rings. The summed E-state index contributed by atoms with van der Waals surface area (Å²) in [5.41, 5.74) is 9.52. The van der Waals surface area contributed by atoms with Crippen LogP contribution in [0.2, 0.25) is 0 Å². The predicted octanol–water partition coefficient (Wildman–Crippen LogP) is 9.18. The molecule has 1 aliphatic heterocycles. The summed E-state index contributed by atoms with van der Waals surface area (Å²) in [4.78, 5) is 2.45. The minimum absolute atomic E-state index is 0.178. The fourth-order valence-electron chi connectivity index (χ4n) is 5.58. The lowest BCUT2D eigenvalue weighted by Gasteiger charge is -2.33. The van der Waals surface area contributed by atoms with Crippen LogP contribution in [0.5, 0.6) is 0 Å². The summed E-state index contributed by atoms with van der Waals surface area (Å²) >= 11 is 0. The Bertz CT molecular complexity index is 1580. The van der Waals surface area contributed by atoms with E-state index in [1.165, 1.54) is 44.8 Å². The Morgan fingerprint density at radius 3 is 2.46 bits per heavy atom. The van der Waals surface area contributed by atoms with Gasteiger partial charge in [0, 0.05) is 39.6 Å². The van der Waals surface area contributed by atoms with Crippen LogP contribution in [0.4, 0.5) is 5.69 Å². The summed E-state index contributed by atoms with van der Waals surface area (Å²) in [6.45, 7) is 6.67. The van der Waals surface area contributed by atoms with Crippen molar-refractivity contribution in [2.24, 2.45) is 0 Å². The fourth-order valence-corrected chi connectivity index (χ4v) is 5.58. The van der Waals surface area contributed by atoms with Gasteiger partial charge in [-0.2, -0.15) is 0 Å². The third-order valence-corrected chi connectivity index (χ3v) is 7.29. The first-order chi connectivity index (χ1) is 18.2. The summed E-state index contributed by atoms with van der Waals surface area (Å²) in [5.74, 6) is 0. The number of benzene rings is 2. The number of fused-ring (bicyclic) bond motifs is 4. The maximum absolute atomic E-state index is 4.39. The highest BCUT2D eigenvalue weighted by molar-refractivity contribution is 5.97. The van der Waals surface area contributed by atoms with Gasteiger partial charge in [0.1, 0.15) is 0 Å². The van der Waals surface area contributed by atoms with Crippen LogP contribution in [0.15, 0.2) is 122 Å². The van der Waals surface area contributed by atoms with Gasteiger partial charge in [-0.15, -0.1) is 0 Å². The number of nitrogens with zero attached hydrogens (tertiary/aromatic N) is 2. The van der Waals surface area contributed by atoms with Crippen LogP contribution in [0, 0.1) is 0 Å². The largest absolute Gasteiger partial charge is 0.334 e. The lowest BCUT2D eigenvalue weighted by atomic mass is 10.0. The molecule has 3 aromatic rings. The number of allylic oxidation sites excluding steroid dienone is 11. The quantitative estimate of drug-likeness (QED) is 0.332. The molecule has 2 aliphatic carbocycles. The van der Waals surface area contributed by atoms with E-state index in [1.807, 2.05) is 0 Å². The van der Waals surface area contributed by atoms with Crippen molar-refractivity contribution < 1.29 is 0 Å². The van der Waals surface area contributed by atoms with Gasteiger partial charge in [-0.05, 0) is 62.1 Å². The molecule has 0 spiro atoms. The minimum atomic E-state index is 0.178. The summed E-state index contributed by atoms with van der Waals surface area (Å²) in [6, 6.07) is 17.6. The normalized spacial score (nSPS) is 20.9. The Kier molecular flexibility index (Phi) is 6.24. The molecule has 0 amide bonds. The van der Waals surface area contributed by atoms with E-state index in [4.69, 9.17) is 0 Å². The van der Waals surface area contributed by atoms with Crippen molar-refractivity contribution >= 4 is 40.0 Å². The maximum Gasteiger partial charge on any atom is 0.0540 e. The molecule has 0 fully saturated rings. The summed E-state index contributed by atoms with van der Waals surface area (Å²) in [5, 5.41) is 1.29. The van der Waals surface area contributed by atoms with E-state index in [9.17, 15) is 0 Å². The molecule has 0 radical (unpaired) electrons. The predicted molar refractivity (Wildman–Crippen MR) is 161 cm³/mol. The summed E-state index contributed by atoms with van der Waals surface area (Å²) in [7, 11) is 0. The zero-order valence-electron chi connectivity index (χ0n) is 21.3. The van der Waals surface area contributed by atoms with Crippen molar-refractivity contribution in [3.63, 3.8) is 0 Å². The molecule has 2 heteroatoms. The first kappa shape index (κ1) is 23.1. The standard InChI is InChI=1S/C35H32N2/c1-26-15-5-3-6-16-27(2)36(33-23-13-11-19-30(26)33)28-17-9-10-18-29(25-28)37-34-22-8-4-7-20-31(34)32-21-12-14-24-35(32)37/h5-9,11-25,27H,1,3-4,10H2,2H3/b15-5-,16-6-. The van der Waals surface area contributed by atoms with Gasteiger partial charge in [0.25, 0.3) is 0 Å². The van der Waals surface area contributed by atoms with Gasteiger partial charge < -0.3 is 9.47 Å². The van der Waals surface area contributed by atoms with Crippen molar-refractivity contribution in [2.45, 2.75) is 32.2 Å². The molecule has 1 unspecified atom stereocenters. The highest BCUT2D eigenvalue weighted by atomic mass is 15.2. The third kappa shape index (κ3) is 4.29. The highest BCUT2D eigenvalue weighted by Crippen LogP contribution is 2.37. The van der Waals surface area contributed by atoms with E-state index in [0.717, 1.165) is 24.8 Å². The van der Waals surface area contributed by atoms with Gasteiger partial charge in [0.05, 0.1) is 11.2 Å². The topological polar surface area (TPSA) is 8.17 Å². The highest BCUT2D eigenvalue weighted by Gasteiger charge is 2.22.